The number of carbonyl (C=O) groups is 1. The average molecular weight is 233 g/mol. The van der Waals surface area contributed by atoms with Crippen molar-refractivity contribution in [3.8, 4) is 0 Å². The lowest BCUT2D eigenvalue weighted by molar-refractivity contribution is 0.0950. The first-order valence-electron chi connectivity index (χ1n) is 6.19. The maximum Gasteiger partial charge on any atom is 0.287 e. The summed E-state index contributed by atoms with van der Waals surface area (Å²) in [6, 6.07) is 3.54. The van der Waals surface area contributed by atoms with Gasteiger partial charge in [-0.05, 0) is 36.8 Å². The predicted octanol–water partition coefficient (Wildman–Crippen LogP) is 2.56. The van der Waals surface area contributed by atoms with Crippen LogP contribution in [0.1, 0.15) is 43.6 Å². The fourth-order valence-electron chi connectivity index (χ4n) is 2.38. The number of nitrogens with one attached hydrogen (secondary N) is 2. The Morgan fingerprint density at radius 2 is 2.12 bits per heavy atom. The monoisotopic (exact) mass is 233 g/mol. The standard InChI is InChI=1S/C13H19N3O/c1-9-5-3-6-10(2)12(9)15-16-13(17)11-7-4-8-14-11/h4,7-10,14H,3,5-6H2,1-2H3,(H,16,17)/t9-,10-/m0/s1. The quantitative estimate of drug-likeness (QED) is 0.758. The average Bonchev–Trinajstić information content (AvgIpc) is 2.81. The number of hydrazone groups is 1. The third-order valence-electron chi connectivity index (χ3n) is 3.41. The second-order valence-corrected chi connectivity index (χ2v) is 4.79. The molecule has 1 aromatic heterocycles. The Morgan fingerprint density at radius 3 is 2.71 bits per heavy atom. The van der Waals surface area contributed by atoms with Gasteiger partial charge in [0.05, 0.1) is 0 Å². The summed E-state index contributed by atoms with van der Waals surface area (Å²) < 4.78 is 0. The van der Waals surface area contributed by atoms with E-state index in [-0.39, 0.29) is 5.91 Å². The molecule has 92 valence electrons. The van der Waals surface area contributed by atoms with Crippen LogP contribution in [-0.4, -0.2) is 16.6 Å². The third kappa shape index (κ3) is 2.75. The maximum absolute atomic E-state index is 11.7. The molecule has 0 bridgehead atoms. The summed E-state index contributed by atoms with van der Waals surface area (Å²) in [5, 5.41) is 4.30. The van der Waals surface area contributed by atoms with Crippen LogP contribution in [0.3, 0.4) is 0 Å². The Hall–Kier alpha value is -1.58. The molecule has 0 saturated heterocycles. The molecule has 2 atom stereocenters. The van der Waals surface area contributed by atoms with Crippen LogP contribution in [0.2, 0.25) is 0 Å². The molecular formula is C13H19N3O. The van der Waals surface area contributed by atoms with E-state index in [0.717, 1.165) is 5.71 Å². The van der Waals surface area contributed by atoms with E-state index in [0.29, 0.717) is 17.5 Å². The van der Waals surface area contributed by atoms with Crippen molar-refractivity contribution in [3.05, 3.63) is 24.0 Å². The number of hydrogen-bond donors (Lipinski definition) is 2. The van der Waals surface area contributed by atoms with Gasteiger partial charge in [0.1, 0.15) is 5.69 Å². The van der Waals surface area contributed by atoms with Crippen LogP contribution in [0.4, 0.5) is 0 Å². The van der Waals surface area contributed by atoms with E-state index in [1.807, 2.05) is 0 Å². The van der Waals surface area contributed by atoms with Crippen LogP contribution in [0, 0.1) is 11.8 Å². The van der Waals surface area contributed by atoms with Crippen molar-refractivity contribution in [3.63, 3.8) is 0 Å². The summed E-state index contributed by atoms with van der Waals surface area (Å²) in [7, 11) is 0. The minimum Gasteiger partial charge on any atom is -0.357 e. The lowest BCUT2D eigenvalue weighted by atomic mass is 9.81. The Balaban J connectivity index is 2.02. The van der Waals surface area contributed by atoms with E-state index in [2.05, 4.69) is 29.4 Å². The summed E-state index contributed by atoms with van der Waals surface area (Å²) in [5.41, 5.74) is 4.30. The van der Waals surface area contributed by atoms with Crippen molar-refractivity contribution in [2.75, 3.05) is 0 Å². The molecule has 1 aliphatic rings. The largest absolute Gasteiger partial charge is 0.357 e. The molecule has 2 rings (SSSR count). The summed E-state index contributed by atoms with van der Waals surface area (Å²) in [6.07, 6.45) is 5.32. The third-order valence-corrected chi connectivity index (χ3v) is 3.41. The number of carbonyl (C=O) groups excluding carboxylic acids is 1. The number of amides is 1. The van der Waals surface area contributed by atoms with Crippen molar-refractivity contribution in [1.82, 2.24) is 10.4 Å². The van der Waals surface area contributed by atoms with Gasteiger partial charge in [-0.15, -0.1) is 0 Å². The Bertz CT molecular complexity index is 396. The van der Waals surface area contributed by atoms with E-state index >= 15 is 0 Å². The molecule has 0 unspecified atom stereocenters. The maximum atomic E-state index is 11.7. The molecule has 0 aliphatic heterocycles. The summed E-state index contributed by atoms with van der Waals surface area (Å²) in [4.78, 5) is 14.6. The second kappa shape index (κ2) is 5.17. The van der Waals surface area contributed by atoms with Gasteiger partial charge in [0, 0.05) is 11.9 Å². The lowest BCUT2D eigenvalue weighted by Crippen LogP contribution is -2.29. The Labute approximate surface area is 101 Å². The van der Waals surface area contributed by atoms with E-state index in [9.17, 15) is 4.79 Å². The van der Waals surface area contributed by atoms with Gasteiger partial charge < -0.3 is 4.98 Å². The van der Waals surface area contributed by atoms with Gasteiger partial charge in [-0.1, -0.05) is 20.3 Å². The van der Waals surface area contributed by atoms with Gasteiger partial charge in [0.2, 0.25) is 0 Å². The number of hydrogen-bond acceptors (Lipinski definition) is 2. The molecule has 1 amide bonds. The first-order chi connectivity index (χ1) is 8.18. The molecule has 17 heavy (non-hydrogen) atoms. The smallest absolute Gasteiger partial charge is 0.287 e. The molecule has 1 aliphatic carbocycles. The van der Waals surface area contributed by atoms with Crippen molar-refractivity contribution in [2.24, 2.45) is 16.9 Å². The molecule has 2 N–H and O–H groups in total. The van der Waals surface area contributed by atoms with E-state index in [4.69, 9.17) is 0 Å². The summed E-state index contributed by atoms with van der Waals surface area (Å²) in [6.45, 7) is 4.35. The van der Waals surface area contributed by atoms with Gasteiger partial charge in [-0.3, -0.25) is 4.79 Å². The number of nitrogens with zero attached hydrogens (tertiary/aromatic N) is 1. The summed E-state index contributed by atoms with van der Waals surface area (Å²) in [5.74, 6) is 0.776. The van der Waals surface area contributed by atoms with Gasteiger partial charge in [0.25, 0.3) is 5.91 Å². The molecular weight excluding hydrogens is 214 g/mol. The van der Waals surface area contributed by atoms with Crippen LogP contribution in [0.25, 0.3) is 0 Å². The molecule has 0 radical (unpaired) electrons. The van der Waals surface area contributed by atoms with Gasteiger partial charge >= 0.3 is 0 Å². The molecule has 1 saturated carbocycles. The number of aromatic nitrogens is 1. The van der Waals surface area contributed by atoms with Crippen LogP contribution in [-0.2, 0) is 0 Å². The first-order valence-corrected chi connectivity index (χ1v) is 6.19. The molecule has 1 fully saturated rings. The van der Waals surface area contributed by atoms with Crippen LogP contribution in [0.15, 0.2) is 23.4 Å². The zero-order chi connectivity index (χ0) is 12.3. The fourth-order valence-corrected chi connectivity index (χ4v) is 2.38. The zero-order valence-electron chi connectivity index (χ0n) is 10.4. The van der Waals surface area contributed by atoms with Gasteiger partial charge in [-0.25, -0.2) is 5.43 Å². The molecule has 4 heteroatoms. The SMILES string of the molecule is C[C@H]1CCC[C@H](C)C1=NNC(=O)c1ccc[nH]1. The minimum atomic E-state index is -0.174. The molecule has 0 aromatic carbocycles. The van der Waals surface area contributed by atoms with Crippen molar-refractivity contribution in [2.45, 2.75) is 33.1 Å². The highest BCUT2D eigenvalue weighted by atomic mass is 16.2. The van der Waals surface area contributed by atoms with Gasteiger partial charge in [-0.2, -0.15) is 5.10 Å². The molecule has 0 spiro atoms. The number of H-pyrrole nitrogens is 1. The predicted molar refractivity (Wildman–Crippen MR) is 67.9 cm³/mol. The highest BCUT2D eigenvalue weighted by Gasteiger charge is 2.23. The normalized spacial score (nSPS) is 24.5. The minimum absolute atomic E-state index is 0.174. The highest BCUT2D eigenvalue weighted by Crippen LogP contribution is 2.25. The van der Waals surface area contributed by atoms with Crippen molar-refractivity contribution in [1.29, 1.82) is 0 Å². The van der Waals surface area contributed by atoms with Gasteiger partial charge in [0.15, 0.2) is 0 Å². The summed E-state index contributed by atoms with van der Waals surface area (Å²) >= 11 is 0. The molecule has 1 aromatic rings. The van der Waals surface area contributed by atoms with Crippen LogP contribution < -0.4 is 5.43 Å². The molecule has 1 heterocycles. The number of rotatable bonds is 2. The Morgan fingerprint density at radius 1 is 1.41 bits per heavy atom. The molecule has 4 nitrogen and oxygen atoms in total. The van der Waals surface area contributed by atoms with Crippen LogP contribution in [0.5, 0.6) is 0 Å². The van der Waals surface area contributed by atoms with E-state index < -0.39 is 0 Å². The van der Waals surface area contributed by atoms with Crippen molar-refractivity contribution >= 4 is 11.6 Å². The topological polar surface area (TPSA) is 57.2 Å². The fraction of sp³-hybridized carbons (Fsp3) is 0.538. The van der Waals surface area contributed by atoms with Crippen molar-refractivity contribution < 1.29 is 4.79 Å². The van der Waals surface area contributed by atoms with E-state index in [1.165, 1.54) is 19.3 Å². The highest BCUT2D eigenvalue weighted by molar-refractivity contribution is 5.95. The number of aromatic amines is 1. The Kier molecular flexibility index (Phi) is 3.61. The lowest BCUT2D eigenvalue weighted by Gasteiger charge is -2.26. The zero-order valence-corrected chi connectivity index (χ0v) is 10.4. The van der Waals surface area contributed by atoms with Crippen LogP contribution >= 0.6 is 0 Å². The first kappa shape index (κ1) is 11.9. The van der Waals surface area contributed by atoms with E-state index in [1.54, 1.807) is 18.3 Å². The second-order valence-electron chi connectivity index (χ2n) is 4.79.